The van der Waals surface area contributed by atoms with E-state index in [4.69, 9.17) is 0 Å². The molecular formula is C20H26N6O4S. The molecule has 11 heteroatoms. The van der Waals surface area contributed by atoms with Crippen LogP contribution in [0.2, 0.25) is 0 Å². The number of aromatic nitrogens is 2. The summed E-state index contributed by atoms with van der Waals surface area (Å²) in [6.07, 6.45) is 5.00. The van der Waals surface area contributed by atoms with E-state index >= 15 is 0 Å². The summed E-state index contributed by atoms with van der Waals surface area (Å²) in [6.45, 7) is 4.22. The smallest absolute Gasteiger partial charge is 0.241 e. The van der Waals surface area contributed by atoms with E-state index in [1.807, 2.05) is 4.90 Å². The molecule has 1 fully saturated rings. The molecule has 10 nitrogen and oxygen atoms in total. The van der Waals surface area contributed by atoms with Crippen molar-refractivity contribution in [1.29, 1.82) is 0 Å². The van der Waals surface area contributed by atoms with Crippen molar-refractivity contribution in [2.45, 2.75) is 43.7 Å². The molecule has 1 saturated heterocycles. The molecule has 1 aliphatic heterocycles. The Hall–Kier alpha value is -3.05. The first-order chi connectivity index (χ1) is 14.7. The molecule has 1 aliphatic rings. The second-order valence-corrected chi connectivity index (χ2v) is 9.11. The normalized spacial score (nSPS) is 17.6. The number of carbonyl (C=O) groups excluding carboxylic acids is 2. The SMILES string of the molecule is CC(=O)Nc1ccc(S(=O)(=O)N[C@@H](C)C(=O)NC2CCCN(c3ncccn3)C2)cc1. The Kier molecular flexibility index (Phi) is 7.18. The molecule has 0 radical (unpaired) electrons. The highest BCUT2D eigenvalue weighted by Gasteiger charge is 2.27. The van der Waals surface area contributed by atoms with E-state index < -0.39 is 22.0 Å². The lowest BCUT2D eigenvalue weighted by molar-refractivity contribution is -0.123. The molecule has 0 bridgehead atoms. The summed E-state index contributed by atoms with van der Waals surface area (Å²) in [5.41, 5.74) is 0.487. The van der Waals surface area contributed by atoms with Crippen LogP contribution in [0.3, 0.4) is 0 Å². The van der Waals surface area contributed by atoms with Gasteiger partial charge in [0, 0.05) is 44.1 Å². The summed E-state index contributed by atoms with van der Waals surface area (Å²) in [5, 5.41) is 5.48. The number of nitrogens with one attached hydrogen (secondary N) is 3. The Balaban J connectivity index is 1.57. The van der Waals surface area contributed by atoms with Gasteiger partial charge in [0.2, 0.25) is 27.8 Å². The molecule has 3 rings (SSSR count). The van der Waals surface area contributed by atoms with Crippen LogP contribution in [-0.2, 0) is 19.6 Å². The Morgan fingerprint density at radius 1 is 1.16 bits per heavy atom. The fraction of sp³-hybridized carbons (Fsp3) is 0.400. The zero-order valence-electron chi connectivity index (χ0n) is 17.4. The maximum atomic E-state index is 12.6. The molecule has 2 aromatic rings. The lowest BCUT2D eigenvalue weighted by Gasteiger charge is -2.33. The van der Waals surface area contributed by atoms with Crippen LogP contribution in [0, 0.1) is 0 Å². The van der Waals surface area contributed by atoms with Crippen molar-refractivity contribution in [3.8, 4) is 0 Å². The third-order valence-electron chi connectivity index (χ3n) is 4.81. The number of amides is 2. The number of sulfonamides is 1. The van der Waals surface area contributed by atoms with Gasteiger partial charge >= 0.3 is 0 Å². The fourth-order valence-corrected chi connectivity index (χ4v) is 4.54. The first-order valence-corrected chi connectivity index (χ1v) is 11.5. The Morgan fingerprint density at radius 3 is 2.48 bits per heavy atom. The van der Waals surface area contributed by atoms with E-state index in [1.165, 1.54) is 38.1 Å². The van der Waals surface area contributed by atoms with Crippen molar-refractivity contribution in [2.24, 2.45) is 0 Å². The summed E-state index contributed by atoms with van der Waals surface area (Å²) in [4.78, 5) is 34.2. The van der Waals surface area contributed by atoms with E-state index in [-0.39, 0.29) is 16.8 Å². The van der Waals surface area contributed by atoms with E-state index in [0.717, 1.165) is 19.4 Å². The monoisotopic (exact) mass is 446 g/mol. The van der Waals surface area contributed by atoms with E-state index in [9.17, 15) is 18.0 Å². The molecule has 2 heterocycles. The summed E-state index contributed by atoms with van der Waals surface area (Å²) in [5.74, 6) is -0.0451. The maximum absolute atomic E-state index is 12.6. The molecule has 2 amide bonds. The first kappa shape index (κ1) is 22.6. The number of nitrogens with zero attached hydrogens (tertiary/aromatic N) is 3. The average Bonchev–Trinajstić information content (AvgIpc) is 2.74. The van der Waals surface area contributed by atoms with Crippen LogP contribution < -0.4 is 20.3 Å². The summed E-state index contributed by atoms with van der Waals surface area (Å²) < 4.78 is 27.6. The molecular weight excluding hydrogens is 420 g/mol. The molecule has 166 valence electrons. The average molecular weight is 447 g/mol. The van der Waals surface area contributed by atoms with Crippen LogP contribution in [0.1, 0.15) is 26.7 Å². The number of benzene rings is 1. The van der Waals surface area contributed by atoms with Crippen LogP contribution >= 0.6 is 0 Å². The van der Waals surface area contributed by atoms with Gasteiger partial charge in [0.15, 0.2) is 0 Å². The highest BCUT2D eigenvalue weighted by atomic mass is 32.2. The van der Waals surface area contributed by atoms with Gasteiger partial charge in [0.05, 0.1) is 10.9 Å². The van der Waals surface area contributed by atoms with Crippen molar-refractivity contribution in [3.05, 3.63) is 42.7 Å². The van der Waals surface area contributed by atoms with Crippen LogP contribution in [-0.4, -0.2) is 55.4 Å². The summed E-state index contributed by atoms with van der Waals surface area (Å²) in [6, 6.07) is 6.38. The van der Waals surface area contributed by atoms with Gasteiger partial charge in [0.25, 0.3) is 0 Å². The topological polar surface area (TPSA) is 133 Å². The lowest BCUT2D eigenvalue weighted by atomic mass is 10.1. The minimum atomic E-state index is -3.90. The van der Waals surface area contributed by atoms with Gasteiger partial charge in [-0.1, -0.05) is 0 Å². The number of hydrogen-bond donors (Lipinski definition) is 3. The van der Waals surface area contributed by atoms with E-state index in [0.29, 0.717) is 18.2 Å². The fourth-order valence-electron chi connectivity index (χ4n) is 3.33. The van der Waals surface area contributed by atoms with Crippen molar-refractivity contribution < 1.29 is 18.0 Å². The quantitative estimate of drug-likeness (QED) is 0.575. The highest BCUT2D eigenvalue weighted by Crippen LogP contribution is 2.16. The lowest BCUT2D eigenvalue weighted by Crippen LogP contribution is -2.53. The van der Waals surface area contributed by atoms with Crippen LogP contribution in [0.25, 0.3) is 0 Å². The molecule has 0 aliphatic carbocycles. The van der Waals surface area contributed by atoms with Gasteiger partial charge < -0.3 is 15.5 Å². The van der Waals surface area contributed by atoms with Crippen LogP contribution in [0.5, 0.6) is 0 Å². The Bertz CT molecular complexity index is 1010. The minimum absolute atomic E-state index is 0.00585. The van der Waals surface area contributed by atoms with Crippen molar-refractivity contribution in [1.82, 2.24) is 20.0 Å². The molecule has 0 spiro atoms. The number of rotatable bonds is 7. The molecule has 31 heavy (non-hydrogen) atoms. The number of carbonyl (C=O) groups is 2. The van der Waals surface area contributed by atoms with Crippen molar-refractivity contribution in [2.75, 3.05) is 23.3 Å². The predicted molar refractivity (Wildman–Crippen MR) is 116 cm³/mol. The van der Waals surface area contributed by atoms with Gasteiger partial charge in [-0.25, -0.2) is 18.4 Å². The number of anilines is 2. The van der Waals surface area contributed by atoms with Crippen LogP contribution in [0.15, 0.2) is 47.6 Å². The standard InChI is InChI=1S/C20H26N6O4S/c1-14(25-31(29,30)18-8-6-16(7-9-18)23-15(2)27)19(28)24-17-5-3-12-26(13-17)20-21-10-4-11-22-20/h4,6-11,14,17,25H,3,5,12-13H2,1-2H3,(H,23,27)(H,24,28)/t14-,17?/m0/s1. The molecule has 3 N–H and O–H groups in total. The second kappa shape index (κ2) is 9.84. The third kappa shape index (κ3) is 6.22. The van der Waals surface area contributed by atoms with Crippen molar-refractivity contribution in [3.63, 3.8) is 0 Å². The first-order valence-electron chi connectivity index (χ1n) is 9.97. The largest absolute Gasteiger partial charge is 0.350 e. The molecule has 1 unspecified atom stereocenters. The molecule has 2 atom stereocenters. The highest BCUT2D eigenvalue weighted by molar-refractivity contribution is 7.89. The van der Waals surface area contributed by atoms with Gasteiger partial charge in [-0.3, -0.25) is 9.59 Å². The Labute approximate surface area is 181 Å². The summed E-state index contributed by atoms with van der Waals surface area (Å²) >= 11 is 0. The summed E-state index contributed by atoms with van der Waals surface area (Å²) in [7, 11) is -3.90. The van der Waals surface area contributed by atoms with Crippen LogP contribution in [0.4, 0.5) is 11.6 Å². The number of piperidine rings is 1. The molecule has 0 saturated carbocycles. The zero-order chi connectivity index (χ0) is 22.4. The molecule has 1 aromatic heterocycles. The van der Waals surface area contributed by atoms with Gasteiger partial charge in [-0.2, -0.15) is 4.72 Å². The zero-order valence-corrected chi connectivity index (χ0v) is 18.2. The third-order valence-corrected chi connectivity index (χ3v) is 6.37. The van der Waals surface area contributed by atoms with E-state index in [2.05, 4.69) is 25.3 Å². The maximum Gasteiger partial charge on any atom is 0.241 e. The Morgan fingerprint density at radius 2 is 1.84 bits per heavy atom. The minimum Gasteiger partial charge on any atom is -0.350 e. The van der Waals surface area contributed by atoms with E-state index in [1.54, 1.807) is 18.5 Å². The number of hydrogen-bond acceptors (Lipinski definition) is 7. The van der Waals surface area contributed by atoms with Crippen molar-refractivity contribution >= 4 is 33.5 Å². The van der Waals surface area contributed by atoms with Gasteiger partial charge in [-0.15, -0.1) is 0 Å². The van der Waals surface area contributed by atoms with Gasteiger partial charge in [-0.05, 0) is 50.1 Å². The second-order valence-electron chi connectivity index (χ2n) is 7.39. The molecule has 1 aromatic carbocycles. The van der Waals surface area contributed by atoms with Gasteiger partial charge in [0.1, 0.15) is 0 Å². The predicted octanol–water partition coefficient (Wildman–Crippen LogP) is 0.887.